The van der Waals surface area contributed by atoms with E-state index in [1.54, 1.807) is 17.5 Å². The average Bonchev–Trinajstić information content (AvgIpc) is 2.71. The van der Waals surface area contributed by atoms with Gasteiger partial charge in [0, 0.05) is 23.1 Å². The van der Waals surface area contributed by atoms with Gasteiger partial charge in [0.05, 0.1) is 10.6 Å². The van der Waals surface area contributed by atoms with Gasteiger partial charge < -0.3 is 0 Å². The molecule has 0 bridgehead atoms. The highest BCUT2D eigenvalue weighted by Gasteiger charge is 2.07. The van der Waals surface area contributed by atoms with Crippen LogP contribution in [0.3, 0.4) is 0 Å². The van der Waals surface area contributed by atoms with E-state index in [1.807, 2.05) is 0 Å². The molecule has 0 unspecified atom stereocenters. The molecule has 0 N–H and O–H groups in total. The van der Waals surface area contributed by atoms with Crippen molar-refractivity contribution in [2.24, 2.45) is 0 Å². The van der Waals surface area contributed by atoms with Crippen molar-refractivity contribution in [3.05, 3.63) is 45.3 Å². The Kier molecular flexibility index (Phi) is 2.24. The Balaban J connectivity index is 2.46. The maximum Gasteiger partial charge on any atom is 0.270 e. The van der Waals surface area contributed by atoms with E-state index in [1.165, 1.54) is 23.5 Å². The lowest BCUT2D eigenvalue weighted by molar-refractivity contribution is -0.384. The first-order valence-corrected chi connectivity index (χ1v) is 4.72. The molecule has 1 radical (unpaired) electrons. The molecular formula is C9H5N2O2S. The standard InChI is InChI=1S/C9H5N2O2S/c12-11(13)8-3-1-2-7(4-8)9-5-14-6-10-9/h1-5H. The van der Waals surface area contributed by atoms with Crippen LogP contribution in [0.15, 0.2) is 29.6 Å². The molecule has 0 aliphatic heterocycles. The second-order valence-corrected chi connectivity index (χ2v) is 3.29. The maximum absolute atomic E-state index is 10.5. The number of nitro benzene ring substituents is 1. The first-order valence-electron chi connectivity index (χ1n) is 3.84. The van der Waals surface area contributed by atoms with Crippen LogP contribution in [-0.4, -0.2) is 9.91 Å². The van der Waals surface area contributed by atoms with Crippen molar-refractivity contribution in [2.45, 2.75) is 0 Å². The zero-order valence-corrected chi connectivity index (χ0v) is 7.82. The number of hydrogen-bond donors (Lipinski definition) is 0. The van der Waals surface area contributed by atoms with E-state index in [2.05, 4.69) is 10.5 Å². The van der Waals surface area contributed by atoms with Crippen LogP contribution in [-0.2, 0) is 0 Å². The third kappa shape index (κ3) is 1.62. The van der Waals surface area contributed by atoms with Crippen LogP contribution >= 0.6 is 11.3 Å². The molecule has 14 heavy (non-hydrogen) atoms. The Labute approximate surface area is 84.0 Å². The molecule has 5 heteroatoms. The molecule has 0 amide bonds. The number of hydrogen-bond acceptors (Lipinski definition) is 4. The molecule has 0 fully saturated rings. The van der Waals surface area contributed by atoms with Crippen LogP contribution in [0.4, 0.5) is 5.69 Å². The van der Waals surface area contributed by atoms with Gasteiger partial charge >= 0.3 is 0 Å². The van der Waals surface area contributed by atoms with Gasteiger partial charge in [0.15, 0.2) is 5.51 Å². The Hall–Kier alpha value is -1.75. The number of rotatable bonds is 2. The summed E-state index contributed by atoms with van der Waals surface area (Å²) in [6.45, 7) is 0. The van der Waals surface area contributed by atoms with Crippen molar-refractivity contribution in [3.63, 3.8) is 0 Å². The quantitative estimate of drug-likeness (QED) is 0.559. The fourth-order valence-electron chi connectivity index (χ4n) is 1.10. The minimum atomic E-state index is -0.417. The van der Waals surface area contributed by atoms with Gasteiger partial charge in [-0.15, -0.1) is 11.3 Å². The highest BCUT2D eigenvalue weighted by atomic mass is 32.1. The molecule has 0 aliphatic rings. The van der Waals surface area contributed by atoms with E-state index in [-0.39, 0.29) is 5.69 Å². The molecule has 0 saturated heterocycles. The van der Waals surface area contributed by atoms with Gasteiger partial charge in [0.2, 0.25) is 0 Å². The molecular weight excluding hydrogens is 200 g/mol. The second-order valence-electron chi connectivity index (χ2n) is 2.63. The summed E-state index contributed by atoms with van der Waals surface area (Å²) in [4.78, 5) is 14.0. The fourth-order valence-corrected chi connectivity index (χ4v) is 1.60. The van der Waals surface area contributed by atoms with E-state index in [4.69, 9.17) is 0 Å². The van der Waals surface area contributed by atoms with Crippen LogP contribution < -0.4 is 0 Å². The third-order valence-corrected chi connectivity index (χ3v) is 2.28. The summed E-state index contributed by atoms with van der Waals surface area (Å²) in [5.74, 6) is 0. The van der Waals surface area contributed by atoms with Gasteiger partial charge in [-0.1, -0.05) is 12.1 Å². The minimum absolute atomic E-state index is 0.0792. The van der Waals surface area contributed by atoms with Crippen LogP contribution in [0.2, 0.25) is 0 Å². The van der Waals surface area contributed by atoms with Gasteiger partial charge in [0.25, 0.3) is 5.69 Å². The summed E-state index contributed by atoms with van der Waals surface area (Å²) in [5.41, 5.74) is 4.25. The summed E-state index contributed by atoms with van der Waals surface area (Å²) < 4.78 is 0. The largest absolute Gasteiger partial charge is 0.270 e. The Morgan fingerprint density at radius 3 is 3.00 bits per heavy atom. The lowest BCUT2D eigenvalue weighted by atomic mass is 10.1. The third-order valence-electron chi connectivity index (χ3n) is 1.74. The number of benzene rings is 1. The highest BCUT2D eigenvalue weighted by molar-refractivity contribution is 7.07. The molecule has 0 saturated carbocycles. The van der Waals surface area contributed by atoms with Crippen molar-refractivity contribution < 1.29 is 4.92 Å². The van der Waals surface area contributed by atoms with Crippen LogP contribution in [0.1, 0.15) is 0 Å². The average molecular weight is 205 g/mol. The molecule has 1 aromatic heterocycles. The summed E-state index contributed by atoms with van der Waals surface area (Å²) in [6.07, 6.45) is 0. The molecule has 0 spiro atoms. The van der Waals surface area contributed by atoms with Crippen molar-refractivity contribution in [3.8, 4) is 11.3 Å². The minimum Gasteiger partial charge on any atom is -0.258 e. The first kappa shape index (κ1) is 8.83. The first-order chi connectivity index (χ1) is 6.77. The lowest BCUT2D eigenvalue weighted by Gasteiger charge is -1.95. The number of non-ortho nitro benzene ring substituents is 1. The van der Waals surface area contributed by atoms with E-state index in [0.717, 1.165) is 11.3 Å². The van der Waals surface area contributed by atoms with E-state index >= 15 is 0 Å². The zero-order valence-electron chi connectivity index (χ0n) is 7.01. The number of aromatic nitrogens is 1. The Morgan fingerprint density at radius 2 is 2.36 bits per heavy atom. The predicted molar refractivity (Wildman–Crippen MR) is 53.0 cm³/mol. The fraction of sp³-hybridized carbons (Fsp3) is 0. The second kappa shape index (κ2) is 3.55. The van der Waals surface area contributed by atoms with Crippen LogP contribution in [0.5, 0.6) is 0 Å². The predicted octanol–water partition coefficient (Wildman–Crippen LogP) is 2.52. The highest BCUT2D eigenvalue weighted by Crippen LogP contribution is 2.22. The zero-order chi connectivity index (χ0) is 9.97. The Bertz CT molecular complexity index is 454. The van der Waals surface area contributed by atoms with Crippen LogP contribution in [0.25, 0.3) is 11.3 Å². The van der Waals surface area contributed by atoms with Crippen molar-refractivity contribution in [1.82, 2.24) is 4.98 Å². The molecule has 1 heterocycles. The SMILES string of the molecule is O=[N+]([O-])c1cccc(-c2cs[c]n2)c1. The number of thiazole rings is 1. The number of nitrogens with zero attached hydrogens (tertiary/aromatic N) is 2. The lowest BCUT2D eigenvalue weighted by Crippen LogP contribution is -1.87. The molecule has 2 aromatic rings. The van der Waals surface area contributed by atoms with E-state index in [0.29, 0.717) is 0 Å². The van der Waals surface area contributed by atoms with Gasteiger partial charge in [-0.2, -0.15) is 0 Å². The van der Waals surface area contributed by atoms with Crippen molar-refractivity contribution in [1.29, 1.82) is 0 Å². The molecule has 69 valence electrons. The topological polar surface area (TPSA) is 56.0 Å². The van der Waals surface area contributed by atoms with E-state index in [9.17, 15) is 10.1 Å². The molecule has 0 atom stereocenters. The summed E-state index contributed by atoms with van der Waals surface area (Å²) in [6, 6.07) is 6.39. The molecule has 2 rings (SSSR count). The summed E-state index contributed by atoms with van der Waals surface area (Å²) >= 11 is 1.34. The molecule has 1 aromatic carbocycles. The smallest absolute Gasteiger partial charge is 0.258 e. The van der Waals surface area contributed by atoms with Gasteiger partial charge in [0.1, 0.15) is 0 Å². The Morgan fingerprint density at radius 1 is 1.50 bits per heavy atom. The van der Waals surface area contributed by atoms with Gasteiger partial charge in [-0.3, -0.25) is 10.1 Å². The maximum atomic E-state index is 10.5. The van der Waals surface area contributed by atoms with Gasteiger partial charge in [-0.25, -0.2) is 4.98 Å². The van der Waals surface area contributed by atoms with Crippen molar-refractivity contribution >= 4 is 17.0 Å². The monoisotopic (exact) mass is 205 g/mol. The summed E-state index contributed by atoms with van der Waals surface area (Å²) in [5, 5.41) is 12.3. The van der Waals surface area contributed by atoms with Crippen molar-refractivity contribution in [2.75, 3.05) is 0 Å². The van der Waals surface area contributed by atoms with Crippen LogP contribution in [0, 0.1) is 15.6 Å². The summed E-state index contributed by atoms with van der Waals surface area (Å²) in [7, 11) is 0. The van der Waals surface area contributed by atoms with E-state index < -0.39 is 4.92 Å². The number of nitro groups is 1. The van der Waals surface area contributed by atoms with Gasteiger partial charge in [-0.05, 0) is 0 Å². The molecule has 4 nitrogen and oxygen atoms in total. The normalized spacial score (nSPS) is 10.0. The molecule has 0 aliphatic carbocycles.